The third kappa shape index (κ3) is 3.91. The van der Waals surface area contributed by atoms with Crippen molar-refractivity contribution in [1.29, 1.82) is 0 Å². The molecule has 25 heavy (non-hydrogen) atoms. The molecule has 0 aliphatic carbocycles. The summed E-state index contributed by atoms with van der Waals surface area (Å²) in [6, 6.07) is 18.4. The quantitative estimate of drug-likeness (QED) is 0.499. The monoisotopic (exact) mass is 344 g/mol. The van der Waals surface area contributed by atoms with E-state index < -0.39 is 12.0 Å². The van der Waals surface area contributed by atoms with Gasteiger partial charge in [0.15, 0.2) is 0 Å². The van der Waals surface area contributed by atoms with Crippen LogP contribution in [0.3, 0.4) is 0 Å². The molecular formula is C19H15F3N2O. The van der Waals surface area contributed by atoms with Crippen molar-refractivity contribution in [3.63, 3.8) is 0 Å². The Bertz CT molecular complexity index is 897. The van der Waals surface area contributed by atoms with E-state index in [9.17, 15) is 13.2 Å². The second-order valence-electron chi connectivity index (χ2n) is 5.31. The fourth-order valence-corrected chi connectivity index (χ4v) is 2.40. The van der Waals surface area contributed by atoms with Crippen LogP contribution in [-0.4, -0.2) is 19.1 Å². The molecule has 0 aromatic heterocycles. The first-order chi connectivity index (χ1) is 12.0. The second kappa shape index (κ2) is 6.84. The highest BCUT2D eigenvalue weighted by molar-refractivity contribution is 6.03. The lowest BCUT2D eigenvalue weighted by Crippen LogP contribution is -2.30. The van der Waals surface area contributed by atoms with Gasteiger partial charge in [-0.2, -0.15) is 13.2 Å². The summed E-state index contributed by atoms with van der Waals surface area (Å²) in [5.41, 5.74) is 0.531. The number of methoxy groups -OCH3 is 1. The Morgan fingerprint density at radius 1 is 0.920 bits per heavy atom. The van der Waals surface area contributed by atoms with E-state index in [2.05, 4.69) is 10.3 Å². The molecular weight excluding hydrogens is 329 g/mol. The number of hydrogen-bond donors (Lipinski definition) is 1. The molecule has 0 bridgehead atoms. The van der Waals surface area contributed by atoms with Gasteiger partial charge in [0.1, 0.15) is 5.75 Å². The van der Waals surface area contributed by atoms with Crippen molar-refractivity contribution >= 4 is 28.0 Å². The van der Waals surface area contributed by atoms with Gasteiger partial charge < -0.3 is 10.1 Å². The van der Waals surface area contributed by atoms with Crippen LogP contribution in [0.4, 0.5) is 24.5 Å². The Kier molecular flexibility index (Phi) is 4.61. The minimum atomic E-state index is -4.61. The molecule has 3 rings (SSSR count). The average molecular weight is 344 g/mol. The molecule has 0 radical (unpaired) electrons. The van der Waals surface area contributed by atoms with Gasteiger partial charge in [0.2, 0.25) is 5.84 Å². The van der Waals surface area contributed by atoms with Crippen LogP contribution in [0.25, 0.3) is 10.8 Å². The molecule has 0 spiro atoms. The first-order valence-corrected chi connectivity index (χ1v) is 7.52. The number of aliphatic imine (C=N–C) groups is 1. The van der Waals surface area contributed by atoms with Gasteiger partial charge in [-0.05, 0) is 35.7 Å². The lowest BCUT2D eigenvalue weighted by Gasteiger charge is -2.14. The lowest BCUT2D eigenvalue weighted by atomic mass is 10.1. The molecule has 0 amide bonds. The van der Waals surface area contributed by atoms with E-state index in [1.807, 2.05) is 18.2 Å². The SMILES string of the molecule is COc1ccc(NC(=Nc2cccc3ccccc23)C(F)(F)F)cc1. The molecule has 3 aromatic rings. The number of ether oxygens (including phenoxy) is 1. The van der Waals surface area contributed by atoms with Gasteiger partial charge in [0, 0.05) is 11.1 Å². The van der Waals surface area contributed by atoms with Crippen molar-refractivity contribution in [2.45, 2.75) is 6.18 Å². The maximum atomic E-state index is 13.4. The normalized spacial score (nSPS) is 12.2. The Hall–Kier alpha value is -3.02. The molecule has 128 valence electrons. The van der Waals surface area contributed by atoms with Crippen molar-refractivity contribution in [2.24, 2.45) is 4.99 Å². The molecule has 0 saturated carbocycles. The number of amidine groups is 1. The zero-order valence-electron chi connectivity index (χ0n) is 13.3. The minimum Gasteiger partial charge on any atom is -0.497 e. The highest BCUT2D eigenvalue weighted by atomic mass is 19.4. The van der Waals surface area contributed by atoms with Crippen LogP contribution in [0.15, 0.2) is 71.7 Å². The molecule has 1 N–H and O–H groups in total. The Morgan fingerprint density at radius 2 is 1.60 bits per heavy atom. The molecule has 0 aliphatic rings. The van der Waals surface area contributed by atoms with E-state index in [1.54, 1.807) is 36.4 Å². The fraction of sp³-hybridized carbons (Fsp3) is 0.105. The second-order valence-corrected chi connectivity index (χ2v) is 5.31. The Labute approximate surface area is 142 Å². The van der Waals surface area contributed by atoms with Gasteiger partial charge in [-0.3, -0.25) is 0 Å². The van der Waals surface area contributed by atoms with E-state index in [1.165, 1.54) is 19.2 Å². The highest BCUT2D eigenvalue weighted by Crippen LogP contribution is 2.29. The van der Waals surface area contributed by atoms with Gasteiger partial charge in [-0.15, -0.1) is 0 Å². The summed E-state index contributed by atoms with van der Waals surface area (Å²) in [6.07, 6.45) is -4.61. The number of nitrogens with one attached hydrogen (secondary N) is 1. The highest BCUT2D eigenvalue weighted by Gasteiger charge is 2.36. The number of nitrogens with zero attached hydrogens (tertiary/aromatic N) is 1. The molecule has 0 saturated heterocycles. The number of alkyl halides is 3. The summed E-state index contributed by atoms with van der Waals surface area (Å²) in [5, 5.41) is 3.84. The molecule has 0 heterocycles. The number of hydrogen-bond acceptors (Lipinski definition) is 2. The predicted molar refractivity (Wildman–Crippen MR) is 93.7 cm³/mol. The number of benzene rings is 3. The molecule has 3 nitrogen and oxygen atoms in total. The van der Waals surface area contributed by atoms with E-state index in [0.29, 0.717) is 11.1 Å². The van der Waals surface area contributed by atoms with Gasteiger partial charge in [0.05, 0.1) is 12.8 Å². The van der Waals surface area contributed by atoms with E-state index >= 15 is 0 Å². The molecule has 3 aromatic carbocycles. The minimum absolute atomic E-state index is 0.256. The van der Waals surface area contributed by atoms with Crippen molar-refractivity contribution in [3.8, 4) is 5.75 Å². The van der Waals surface area contributed by atoms with Crippen LogP contribution < -0.4 is 10.1 Å². The first kappa shape index (κ1) is 16.8. The summed E-state index contributed by atoms with van der Waals surface area (Å²) >= 11 is 0. The van der Waals surface area contributed by atoms with Crippen LogP contribution in [0, 0.1) is 0 Å². The summed E-state index contributed by atoms with van der Waals surface area (Å²) in [5.74, 6) is -0.515. The number of halogens is 3. The summed E-state index contributed by atoms with van der Waals surface area (Å²) < 4.78 is 45.3. The van der Waals surface area contributed by atoms with Crippen molar-refractivity contribution in [3.05, 3.63) is 66.7 Å². The third-order valence-corrected chi connectivity index (χ3v) is 3.62. The van der Waals surface area contributed by atoms with Crippen molar-refractivity contribution in [2.75, 3.05) is 12.4 Å². The van der Waals surface area contributed by atoms with E-state index in [-0.39, 0.29) is 11.4 Å². The number of anilines is 1. The van der Waals surface area contributed by atoms with Crippen LogP contribution in [-0.2, 0) is 0 Å². The third-order valence-electron chi connectivity index (χ3n) is 3.62. The zero-order valence-corrected chi connectivity index (χ0v) is 13.3. The Balaban J connectivity index is 2.01. The number of rotatable bonds is 3. The van der Waals surface area contributed by atoms with E-state index in [4.69, 9.17) is 4.74 Å². The van der Waals surface area contributed by atoms with Crippen molar-refractivity contribution in [1.82, 2.24) is 0 Å². The van der Waals surface area contributed by atoms with Gasteiger partial charge >= 0.3 is 6.18 Å². The first-order valence-electron chi connectivity index (χ1n) is 7.52. The van der Waals surface area contributed by atoms with Crippen LogP contribution in [0.1, 0.15) is 0 Å². The Morgan fingerprint density at radius 3 is 2.28 bits per heavy atom. The summed E-state index contributed by atoms with van der Waals surface area (Å²) in [6.45, 7) is 0. The zero-order chi connectivity index (χ0) is 17.9. The standard InChI is InChI=1S/C19H15F3N2O/c1-25-15-11-9-14(10-12-15)23-18(19(20,21)22)24-17-8-4-6-13-5-2-3-7-16(13)17/h2-12H,1H3,(H,23,24). The molecule has 0 unspecified atom stereocenters. The fourth-order valence-electron chi connectivity index (χ4n) is 2.40. The molecule has 6 heteroatoms. The van der Waals surface area contributed by atoms with E-state index in [0.717, 1.165) is 5.39 Å². The predicted octanol–water partition coefficient (Wildman–Crippen LogP) is 5.55. The average Bonchev–Trinajstić information content (AvgIpc) is 2.61. The molecule has 0 aliphatic heterocycles. The smallest absolute Gasteiger partial charge is 0.449 e. The van der Waals surface area contributed by atoms with Gasteiger partial charge in [-0.25, -0.2) is 4.99 Å². The topological polar surface area (TPSA) is 33.6 Å². The lowest BCUT2D eigenvalue weighted by molar-refractivity contribution is -0.0586. The maximum Gasteiger partial charge on any atom is 0.449 e. The van der Waals surface area contributed by atoms with Gasteiger partial charge in [0.25, 0.3) is 0 Å². The maximum absolute atomic E-state index is 13.4. The molecule has 0 fully saturated rings. The summed E-state index contributed by atoms with van der Waals surface area (Å²) in [7, 11) is 1.49. The van der Waals surface area contributed by atoms with Gasteiger partial charge in [-0.1, -0.05) is 36.4 Å². The van der Waals surface area contributed by atoms with Crippen LogP contribution >= 0.6 is 0 Å². The summed E-state index contributed by atoms with van der Waals surface area (Å²) in [4.78, 5) is 3.85. The van der Waals surface area contributed by atoms with Crippen molar-refractivity contribution < 1.29 is 17.9 Å². The van der Waals surface area contributed by atoms with Crippen LogP contribution in [0.2, 0.25) is 0 Å². The molecule has 0 atom stereocenters. The van der Waals surface area contributed by atoms with Crippen LogP contribution in [0.5, 0.6) is 5.75 Å². The largest absolute Gasteiger partial charge is 0.497 e. The number of fused-ring (bicyclic) bond motifs is 1.